The third kappa shape index (κ3) is 6.00. The second kappa shape index (κ2) is 10.8. The molecule has 38 heavy (non-hydrogen) atoms. The van der Waals surface area contributed by atoms with Crippen molar-refractivity contribution in [3.63, 3.8) is 0 Å². The third-order valence-electron chi connectivity index (χ3n) is 7.87. The molecule has 3 fully saturated rings. The molecule has 1 unspecified atom stereocenters. The molecule has 1 aliphatic heterocycles. The first-order valence-electron chi connectivity index (χ1n) is 13.5. The second-order valence-corrected chi connectivity index (χ2v) is 11.6. The molecule has 7 nitrogen and oxygen atoms in total. The Bertz CT molecular complexity index is 1190. The van der Waals surface area contributed by atoms with Crippen LogP contribution in [0.25, 0.3) is 17.2 Å². The van der Waals surface area contributed by atoms with Crippen molar-refractivity contribution in [2.45, 2.75) is 64.1 Å². The molecule has 3 aliphatic rings. The van der Waals surface area contributed by atoms with E-state index in [1.54, 1.807) is 12.3 Å². The number of carbonyl (C=O) groups excluding carboxylic acids is 2. The number of amides is 2. The summed E-state index contributed by atoms with van der Waals surface area (Å²) in [6.45, 7) is 6.61. The van der Waals surface area contributed by atoms with Crippen molar-refractivity contribution >= 4 is 18.3 Å². The summed E-state index contributed by atoms with van der Waals surface area (Å²) in [5.74, 6) is 0.704. The third-order valence-corrected chi connectivity index (χ3v) is 7.87. The molecule has 202 valence electrons. The molecule has 1 aromatic carbocycles. The van der Waals surface area contributed by atoms with E-state index in [1.807, 2.05) is 49.9 Å². The Morgan fingerprint density at radius 3 is 2.71 bits per heavy atom. The Kier molecular flexibility index (Phi) is 7.41. The van der Waals surface area contributed by atoms with Gasteiger partial charge in [0.1, 0.15) is 18.0 Å². The Hall–Kier alpha value is -3.42. The van der Waals surface area contributed by atoms with E-state index in [4.69, 9.17) is 9.47 Å². The maximum atomic E-state index is 13.6. The predicted octanol–water partition coefficient (Wildman–Crippen LogP) is 6.05. The highest BCUT2D eigenvalue weighted by molar-refractivity contribution is 5.70. The summed E-state index contributed by atoms with van der Waals surface area (Å²) in [6, 6.07) is 10.5. The van der Waals surface area contributed by atoms with Crippen LogP contribution in [0.2, 0.25) is 0 Å². The monoisotopic (exact) mass is 521 g/mol. The zero-order valence-electron chi connectivity index (χ0n) is 22.2. The molecule has 2 aliphatic carbocycles. The van der Waals surface area contributed by atoms with Crippen LogP contribution in [0.15, 0.2) is 48.7 Å². The molecule has 2 amide bonds. The highest BCUT2D eigenvalue weighted by Crippen LogP contribution is 2.49. The van der Waals surface area contributed by atoms with Crippen LogP contribution in [0, 0.1) is 23.6 Å². The van der Waals surface area contributed by atoms with Crippen LogP contribution in [0.1, 0.15) is 52.1 Å². The minimum atomic E-state index is -0.532. The van der Waals surface area contributed by atoms with E-state index < -0.39 is 5.60 Å². The van der Waals surface area contributed by atoms with Gasteiger partial charge in [0.05, 0.1) is 12.2 Å². The maximum absolute atomic E-state index is 13.6. The van der Waals surface area contributed by atoms with Gasteiger partial charge in [0.2, 0.25) is 0 Å². The van der Waals surface area contributed by atoms with Gasteiger partial charge in [-0.15, -0.1) is 0 Å². The fourth-order valence-electron chi connectivity index (χ4n) is 6.29. The van der Waals surface area contributed by atoms with E-state index in [0.29, 0.717) is 25.0 Å². The minimum absolute atomic E-state index is 0.0584. The lowest BCUT2D eigenvalue weighted by molar-refractivity contribution is 0.0474. The molecule has 1 saturated heterocycles. The number of ether oxygens (including phenoxy) is 2. The van der Waals surface area contributed by atoms with E-state index in [0.717, 1.165) is 42.5 Å². The van der Waals surface area contributed by atoms with Gasteiger partial charge < -0.3 is 19.7 Å². The van der Waals surface area contributed by atoms with Crippen LogP contribution in [0.5, 0.6) is 0 Å². The number of fused-ring (bicyclic) bond motifs is 1. The smallest absolute Gasteiger partial charge is 0.410 e. The van der Waals surface area contributed by atoms with Crippen molar-refractivity contribution in [1.82, 2.24) is 15.2 Å². The second-order valence-electron chi connectivity index (χ2n) is 11.6. The molecule has 2 aromatic rings. The van der Waals surface area contributed by atoms with E-state index in [1.165, 1.54) is 12.1 Å². The normalized spacial score (nSPS) is 27.3. The van der Waals surface area contributed by atoms with Crippen LogP contribution >= 0.6 is 0 Å². The molecular formula is C30H36FN3O4. The van der Waals surface area contributed by atoms with Crippen LogP contribution in [-0.2, 0) is 9.47 Å². The van der Waals surface area contributed by atoms with Crippen LogP contribution in [0.4, 0.5) is 14.0 Å². The number of aromatic nitrogens is 1. The molecule has 2 saturated carbocycles. The number of hydrogen-bond donors (Lipinski definition) is 1. The SMILES string of the molecule is CC(C)(C)OC(=O)NC1CC[C@@H]2[C@@H](C1)C[C@H](N1CCOC1=O)[C@H]2/C=C/c1ccc(-c2cccc(F)c2)cn1. The number of hydrogen-bond acceptors (Lipinski definition) is 5. The van der Waals surface area contributed by atoms with Crippen molar-refractivity contribution in [3.05, 3.63) is 60.2 Å². The summed E-state index contributed by atoms with van der Waals surface area (Å²) < 4.78 is 24.3. The van der Waals surface area contributed by atoms with E-state index in [9.17, 15) is 14.0 Å². The predicted molar refractivity (Wildman–Crippen MR) is 143 cm³/mol. The van der Waals surface area contributed by atoms with Crippen molar-refractivity contribution in [2.75, 3.05) is 13.2 Å². The summed E-state index contributed by atoms with van der Waals surface area (Å²) in [6.07, 6.45) is 8.97. The van der Waals surface area contributed by atoms with Crippen molar-refractivity contribution in [1.29, 1.82) is 0 Å². The maximum Gasteiger partial charge on any atom is 0.410 e. The topological polar surface area (TPSA) is 80.8 Å². The highest BCUT2D eigenvalue weighted by Gasteiger charge is 2.49. The van der Waals surface area contributed by atoms with Gasteiger partial charge in [0, 0.05) is 29.8 Å². The summed E-state index contributed by atoms with van der Waals surface area (Å²) in [5, 5.41) is 3.06. The Morgan fingerprint density at radius 1 is 1.18 bits per heavy atom. The molecular weight excluding hydrogens is 485 g/mol. The molecule has 1 aromatic heterocycles. The Balaban J connectivity index is 1.30. The van der Waals surface area contributed by atoms with Gasteiger partial charge in [0.25, 0.3) is 0 Å². The van der Waals surface area contributed by atoms with Gasteiger partial charge in [-0.1, -0.05) is 24.3 Å². The van der Waals surface area contributed by atoms with Gasteiger partial charge in [-0.25, -0.2) is 14.0 Å². The van der Waals surface area contributed by atoms with E-state index in [2.05, 4.69) is 16.4 Å². The van der Waals surface area contributed by atoms with Crippen LogP contribution < -0.4 is 5.32 Å². The summed E-state index contributed by atoms with van der Waals surface area (Å²) in [4.78, 5) is 31.3. The van der Waals surface area contributed by atoms with Crippen molar-refractivity contribution in [2.24, 2.45) is 17.8 Å². The zero-order chi connectivity index (χ0) is 26.9. The highest BCUT2D eigenvalue weighted by atomic mass is 19.1. The molecule has 5 atom stereocenters. The van der Waals surface area contributed by atoms with Crippen molar-refractivity contribution < 1.29 is 23.5 Å². The molecule has 1 N–H and O–H groups in total. The quantitative estimate of drug-likeness (QED) is 0.518. The zero-order valence-corrected chi connectivity index (χ0v) is 22.2. The number of benzene rings is 1. The van der Waals surface area contributed by atoms with Gasteiger partial charge in [0.15, 0.2) is 0 Å². The molecule has 0 radical (unpaired) electrons. The first kappa shape index (κ1) is 26.2. The Labute approximate surface area is 223 Å². The fraction of sp³-hybridized carbons (Fsp3) is 0.500. The number of carbonyl (C=O) groups is 2. The lowest BCUT2D eigenvalue weighted by Crippen LogP contribution is -2.43. The molecule has 0 spiro atoms. The van der Waals surface area contributed by atoms with Gasteiger partial charge in [-0.2, -0.15) is 0 Å². The minimum Gasteiger partial charge on any atom is -0.448 e. The molecule has 0 bridgehead atoms. The van der Waals surface area contributed by atoms with Gasteiger partial charge >= 0.3 is 12.2 Å². The van der Waals surface area contributed by atoms with Gasteiger partial charge in [-0.3, -0.25) is 4.98 Å². The van der Waals surface area contributed by atoms with E-state index in [-0.39, 0.29) is 36.0 Å². The molecule has 2 heterocycles. The van der Waals surface area contributed by atoms with E-state index >= 15 is 0 Å². The lowest BCUT2D eigenvalue weighted by Gasteiger charge is -2.34. The number of alkyl carbamates (subject to hydrolysis) is 1. The number of pyridine rings is 1. The van der Waals surface area contributed by atoms with Gasteiger partial charge in [-0.05, 0) is 88.1 Å². The first-order valence-corrected chi connectivity index (χ1v) is 13.5. The fourth-order valence-corrected chi connectivity index (χ4v) is 6.29. The number of halogens is 1. The average Bonchev–Trinajstić information content (AvgIpc) is 3.44. The number of nitrogens with one attached hydrogen (secondary N) is 1. The summed E-state index contributed by atoms with van der Waals surface area (Å²) in [5.41, 5.74) is 1.93. The average molecular weight is 522 g/mol. The Morgan fingerprint density at radius 2 is 2.03 bits per heavy atom. The summed E-state index contributed by atoms with van der Waals surface area (Å²) in [7, 11) is 0. The number of cyclic esters (lactones) is 1. The van der Waals surface area contributed by atoms with Crippen molar-refractivity contribution in [3.8, 4) is 11.1 Å². The summed E-state index contributed by atoms with van der Waals surface area (Å²) >= 11 is 0. The molecule has 8 heteroatoms. The van der Waals surface area contributed by atoms with Crippen LogP contribution in [-0.4, -0.2) is 52.9 Å². The van der Waals surface area contributed by atoms with Crippen LogP contribution in [0.3, 0.4) is 0 Å². The standard InChI is InChI=1S/C30H36FN3O4/c1-30(2,3)38-28(35)33-24-10-11-25-21(16-24)17-27(34-13-14-37-29(34)36)26(25)12-9-23-8-7-20(18-32-23)19-5-4-6-22(31)15-19/h4-9,12,15,18,21,24-27H,10-11,13-14,16-17H2,1-3H3,(H,33,35)/b12-9+/t21-,24?,25+,26-,27-/m0/s1. The number of nitrogens with zero attached hydrogens (tertiary/aromatic N) is 2. The lowest BCUT2D eigenvalue weighted by atomic mass is 9.75. The largest absolute Gasteiger partial charge is 0.448 e. The number of rotatable bonds is 5. The first-order chi connectivity index (χ1) is 18.2. The molecule has 5 rings (SSSR count).